The highest BCUT2D eigenvalue weighted by atomic mass is 16.3. The van der Waals surface area contributed by atoms with Crippen LogP contribution in [0, 0.1) is 0 Å². The van der Waals surface area contributed by atoms with Crippen molar-refractivity contribution in [2.45, 2.75) is 51.1 Å². The van der Waals surface area contributed by atoms with Crippen molar-refractivity contribution in [2.75, 3.05) is 17.2 Å². The maximum Gasteiger partial charge on any atom is 0.262 e. The Morgan fingerprint density at radius 2 is 2.00 bits per heavy atom. The molecule has 3 aromatic rings. The van der Waals surface area contributed by atoms with Crippen LogP contribution in [0.3, 0.4) is 0 Å². The summed E-state index contributed by atoms with van der Waals surface area (Å²) < 4.78 is 1.47. The second-order valence-electron chi connectivity index (χ2n) is 9.23. The number of rotatable bonds is 7. The first-order chi connectivity index (χ1) is 15.1. The fraction of sp³-hybridized carbons (Fsp3) is 0.391. The van der Waals surface area contributed by atoms with E-state index >= 15 is 0 Å². The second kappa shape index (κ2) is 7.90. The van der Waals surface area contributed by atoms with Crippen LogP contribution in [0.25, 0.3) is 10.8 Å². The molecule has 1 aliphatic rings. The highest BCUT2D eigenvalue weighted by molar-refractivity contribution is 5.94. The molecule has 1 fully saturated rings. The molecule has 0 spiro atoms. The van der Waals surface area contributed by atoms with Gasteiger partial charge in [0.25, 0.3) is 5.56 Å². The van der Waals surface area contributed by atoms with Crippen LogP contribution in [-0.4, -0.2) is 37.7 Å². The number of aromatic nitrogens is 3. The number of fused-ring (bicyclic) bond motifs is 1. The topological polar surface area (TPSA) is 135 Å². The number of nitrogens with two attached hydrogens (primary N) is 1. The zero-order valence-electron chi connectivity index (χ0n) is 18.5. The van der Waals surface area contributed by atoms with Gasteiger partial charge in [-0.25, -0.2) is 9.97 Å². The number of primary amides is 1. The van der Waals surface area contributed by atoms with E-state index in [4.69, 9.17) is 5.73 Å². The quantitative estimate of drug-likeness (QED) is 0.446. The van der Waals surface area contributed by atoms with Gasteiger partial charge in [0.1, 0.15) is 17.5 Å². The SMILES string of the molecule is CC(C)(C)Nc1nc(Nc2cc(C3(C(N)=O)CC3)ccn2)cc2ccn(CCO)c(=O)c12. The van der Waals surface area contributed by atoms with Crippen molar-refractivity contribution in [3.8, 4) is 0 Å². The molecule has 9 heteroatoms. The maximum absolute atomic E-state index is 13.0. The van der Waals surface area contributed by atoms with Gasteiger partial charge in [-0.15, -0.1) is 0 Å². The second-order valence-corrected chi connectivity index (χ2v) is 9.23. The number of hydrogen-bond acceptors (Lipinski definition) is 7. The van der Waals surface area contributed by atoms with Crippen LogP contribution in [0.5, 0.6) is 0 Å². The summed E-state index contributed by atoms with van der Waals surface area (Å²) >= 11 is 0. The van der Waals surface area contributed by atoms with Gasteiger partial charge in [0, 0.05) is 24.5 Å². The normalized spacial score (nSPS) is 14.9. The first-order valence-corrected chi connectivity index (χ1v) is 10.6. The number of carbonyl (C=O) groups excluding carboxylic acids is 1. The number of aliphatic hydroxyl groups excluding tert-OH is 1. The number of aliphatic hydroxyl groups is 1. The molecular formula is C23H28N6O3. The predicted molar refractivity (Wildman–Crippen MR) is 124 cm³/mol. The van der Waals surface area contributed by atoms with Crippen molar-refractivity contribution in [1.82, 2.24) is 14.5 Å². The first kappa shape index (κ1) is 21.8. The number of pyridine rings is 3. The molecule has 0 aromatic carbocycles. The minimum Gasteiger partial charge on any atom is -0.395 e. The van der Waals surface area contributed by atoms with Gasteiger partial charge in [0.2, 0.25) is 5.91 Å². The summed E-state index contributed by atoms with van der Waals surface area (Å²) in [5, 5.41) is 16.9. The van der Waals surface area contributed by atoms with E-state index in [9.17, 15) is 14.7 Å². The summed E-state index contributed by atoms with van der Waals surface area (Å²) in [4.78, 5) is 33.9. The molecule has 3 aromatic heterocycles. The van der Waals surface area contributed by atoms with Gasteiger partial charge in [-0.05, 0) is 68.8 Å². The number of amides is 1. The van der Waals surface area contributed by atoms with Gasteiger partial charge in [0.05, 0.1) is 17.4 Å². The lowest BCUT2D eigenvalue weighted by atomic mass is 9.96. The molecule has 168 valence electrons. The number of carbonyl (C=O) groups is 1. The average Bonchev–Trinajstić information content (AvgIpc) is 3.51. The summed E-state index contributed by atoms with van der Waals surface area (Å²) in [5.41, 5.74) is 5.29. The average molecular weight is 437 g/mol. The van der Waals surface area contributed by atoms with Crippen molar-refractivity contribution < 1.29 is 9.90 Å². The fourth-order valence-corrected chi connectivity index (χ4v) is 3.83. The van der Waals surface area contributed by atoms with Crippen molar-refractivity contribution in [1.29, 1.82) is 0 Å². The number of nitrogens with zero attached hydrogens (tertiary/aromatic N) is 3. The Labute approximate surface area is 185 Å². The van der Waals surface area contributed by atoms with Crippen LogP contribution in [0.15, 0.2) is 41.5 Å². The Morgan fingerprint density at radius 1 is 1.25 bits per heavy atom. The van der Waals surface area contributed by atoms with Gasteiger partial charge in [-0.1, -0.05) is 0 Å². The van der Waals surface area contributed by atoms with Crippen LogP contribution >= 0.6 is 0 Å². The van der Waals surface area contributed by atoms with Crippen LogP contribution in [0.4, 0.5) is 17.5 Å². The molecule has 0 saturated heterocycles. The minimum absolute atomic E-state index is 0.130. The number of nitrogens with one attached hydrogen (secondary N) is 2. The van der Waals surface area contributed by atoms with Crippen LogP contribution in [0.1, 0.15) is 39.2 Å². The molecule has 32 heavy (non-hydrogen) atoms. The Kier molecular flexibility index (Phi) is 5.37. The largest absolute Gasteiger partial charge is 0.395 e. The summed E-state index contributed by atoms with van der Waals surface area (Å²) in [7, 11) is 0. The van der Waals surface area contributed by atoms with E-state index in [0.29, 0.717) is 28.2 Å². The Bertz CT molecular complexity index is 1240. The van der Waals surface area contributed by atoms with Gasteiger partial charge < -0.3 is 26.0 Å². The lowest BCUT2D eigenvalue weighted by Gasteiger charge is -2.23. The van der Waals surface area contributed by atoms with E-state index in [1.165, 1.54) is 4.57 Å². The standard InChI is InChI=1S/C23H28N6O3/c1-22(2,3)28-19-18-14(5-9-29(10-11-30)20(18)31)12-17(27-19)26-16-13-15(4-8-25-16)23(6-7-23)21(24)32/h4-5,8-9,12-13,30H,6-7,10-11H2,1-3H3,(H2,24,32)(H2,25,26,27,28). The molecule has 1 aliphatic carbocycles. The fourth-order valence-electron chi connectivity index (χ4n) is 3.83. The molecule has 1 saturated carbocycles. The lowest BCUT2D eigenvalue weighted by Crippen LogP contribution is -2.29. The third-order valence-corrected chi connectivity index (χ3v) is 5.58. The van der Waals surface area contributed by atoms with Gasteiger partial charge in [-0.2, -0.15) is 0 Å². The third kappa shape index (κ3) is 4.16. The van der Waals surface area contributed by atoms with Gasteiger partial charge in [-0.3, -0.25) is 9.59 Å². The monoisotopic (exact) mass is 436 g/mol. The molecule has 9 nitrogen and oxygen atoms in total. The Morgan fingerprint density at radius 3 is 2.62 bits per heavy atom. The van der Waals surface area contributed by atoms with E-state index in [1.54, 1.807) is 18.5 Å². The molecule has 4 rings (SSSR count). The van der Waals surface area contributed by atoms with Crippen LogP contribution in [-0.2, 0) is 16.8 Å². The van der Waals surface area contributed by atoms with Crippen molar-refractivity contribution in [3.05, 3.63) is 52.6 Å². The minimum atomic E-state index is -0.604. The van der Waals surface area contributed by atoms with E-state index in [-0.39, 0.29) is 30.2 Å². The van der Waals surface area contributed by atoms with Crippen LogP contribution in [0.2, 0.25) is 0 Å². The van der Waals surface area contributed by atoms with E-state index in [0.717, 1.165) is 18.4 Å². The third-order valence-electron chi connectivity index (χ3n) is 5.58. The maximum atomic E-state index is 13.0. The zero-order chi connectivity index (χ0) is 23.1. The Balaban J connectivity index is 1.76. The summed E-state index contributed by atoms with van der Waals surface area (Å²) in [6, 6.07) is 7.24. The van der Waals surface area contributed by atoms with Crippen LogP contribution < -0.4 is 21.9 Å². The molecule has 0 atom stereocenters. The van der Waals surface area contributed by atoms with Crippen molar-refractivity contribution in [3.63, 3.8) is 0 Å². The number of hydrogen-bond donors (Lipinski definition) is 4. The van der Waals surface area contributed by atoms with E-state index in [1.807, 2.05) is 39.0 Å². The molecular weight excluding hydrogens is 408 g/mol. The molecule has 0 unspecified atom stereocenters. The molecule has 1 amide bonds. The van der Waals surface area contributed by atoms with Crippen molar-refractivity contribution in [2.24, 2.45) is 5.73 Å². The summed E-state index contributed by atoms with van der Waals surface area (Å²) in [6.07, 6.45) is 4.78. The molecule has 3 heterocycles. The first-order valence-electron chi connectivity index (χ1n) is 10.6. The highest BCUT2D eigenvalue weighted by Gasteiger charge is 2.50. The van der Waals surface area contributed by atoms with Gasteiger partial charge in [0.15, 0.2) is 0 Å². The van der Waals surface area contributed by atoms with E-state index in [2.05, 4.69) is 20.6 Å². The predicted octanol–water partition coefficient (Wildman–Crippen LogP) is 2.25. The Hall–Kier alpha value is -3.46. The van der Waals surface area contributed by atoms with Crippen molar-refractivity contribution >= 4 is 34.1 Å². The summed E-state index contributed by atoms with van der Waals surface area (Å²) in [5.74, 6) is 1.17. The lowest BCUT2D eigenvalue weighted by molar-refractivity contribution is -0.120. The smallest absolute Gasteiger partial charge is 0.262 e. The highest BCUT2D eigenvalue weighted by Crippen LogP contribution is 2.48. The molecule has 0 radical (unpaired) electrons. The molecule has 5 N–H and O–H groups in total. The zero-order valence-corrected chi connectivity index (χ0v) is 18.5. The molecule has 0 aliphatic heterocycles. The summed E-state index contributed by atoms with van der Waals surface area (Å²) in [6.45, 7) is 6.04. The van der Waals surface area contributed by atoms with Gasteiger partial charge >= 0.3 is 0 Å². The van der Waals surface area contributed by atoms with E-state index < -0.39 is 5.41 Å². The number of anilines is 3. The molecule has 0 bridgehead atoms.